The molecule has 0 saturated heterocycles. The van der Waals surface area contributed by atoms with Gasteiger partial charge in [0.05, 0.1) is 0 Å². The molecule has 1 aromatic rings. The van der Waals surface area contributed by atoms with Crippen molar-refractivity contribution < 1.29 is 0 Å². The van der Waals surface area contributed by atoms with Crippen LogP contribution in [0.3, 0.4) is 0 Å². The van der Waals surface area contributed by atoms with Crippen LogP contribution in [0.5, 0.6) is 0 Å². The van der Waals surface area contributed by atoms with Crippen LogP contribution >= 0.6 is 11.8 Å². The van der Waals surface area contributed by atoms with Gasteiger partial charge in [0, 0.05) is 16.2 Å². The SMILES string of the molecule is CC(C)(C)CCC(N)C1Cc2ccccc2S1. The van der Waals surface area contributed by atoms with E-state index in [9.17, 15) is 0 Å². The molecule has 1 nitrogen and oxygen atoms in total. The van der Waals surface area contributed by atoms with Gasteiger partial charge in [-0.3, -0.25) is 0 Å². The Morgan fingerprint density at radius 1 is 1.35 bits per heavy atom. The van der Waals surface area contributed by atoms with Crippen molar-refractivity contribution in [2.45, 2.75) is 56.2 Å². The zero-order valence-electron chi connectivity index (χ0n) is 11.1. The van der Waals surface area contributed by atoms with Gasteiger partial charge in [-0.1, -0.05) is 39.0 Å². The molecule has 0 spiro atoms. The van der Waals surface area contributed by atoms with Gasteiger partial charge in [-0.25, -0.2) is 0 Å². The highest BCUT2D eigenvalue weighted by Crippen LogP contribution is 2.39. The van der Waals surface area contributed by atoms with Crippen molar-refractivity contribution in [3.8, 4) is 0 Å². The van der Waals surface area contributed by atoms with Crippen LogP contribution in [-0.2, 0) is 6.42 Å². The van der Waals surface area contributed by atoms with Gasteiger partial charge in [0.1, 0.15) is 0 Å². The van der Waals surface area contributed by atoms with E-state index < -0.39 is 0 Å². The molecule has 0 bridgehead atoms. The summed E-state index contributed by atoms with van der Waals surface area (Å²) >= 11 is 1.97. The normalized spacial score (nSPS) is 21.3. The molecular weight excluding hydrogens is 226 g/mol. The average molecular weight is 249 g/mol. The Labute approximate surface area is 109 Å². The maximum absolute atomic E-state index is 6.34. The Hall–Kier alpha value is -0.470. The average Bonchev–Trinajstić information content (AvgIpc) is 2.68. The summed E-state index contributed by atoms with van der Waals surface area (Å²) in [4.78, 5) is 1.43. The lowest BCUT2D eigenvalue weighted by atomic mass is 9.87. The molecular formula is C15H23NS. The Morgan fingerprint density at radius 3 is 2.71 bits per heavy atom. The van der Waals surface area contributed by atoms with Crippen molar-refractivity contribution in [3.05, 3.63) is 29.8 Å². The molecule has 0 radical (unpaired) electrons. The number of fused-ring (bicyclic) bond motifs is 1. The van der Waals surface area contributed by atoms with Crippen molar-refractivity contribution in [3.63, 3.8) is 0 Å². The number of hydrogen-bond donors (Lipinski definition) is 1. The Balaban J connectivity index is 1.90. The minimum Gasteiger partial charge on any atom is -0.327 e. The summed E-state index contributed by atoms with van der Waals surface area (Å²) < 4.78 is 0. The van der Waals surface area contributed by atoms with E-state index in [-0.39, 0.29) is 0 Å². The van der Waals surface area contributed by atoms with Gasteiger partial charge in [-0.15, -0.1) is 11.8 Å². The second kappa shape index (κ2) is 5.03. The van der Waals surface area contributed by atoms with E-state index in [0.717, 1.165) is 12.8 Å². The molecule has 0 aromatic heterocycles. The first kappa shape index (κ1) is 13.0. The monoisotopic (exact) mass is 249 g/mol. The third kappa shape index (κ3) is 3.49. The van der Waals surface area contributed by atoms with Gasteiger partial charge in [-0.2, -0.15) is 0 Å². The molecule has 0 fully saturated rings. The Bertz CT molecular complexity index is 356. The molecule has 2 N–H and O–H groups in total. The third-order valence-corrected chi connectivity index (χ3v) is 4.85. The molecule has 1 aliphatic rings. The first-order valence-corrected chi connectivity index (χ1v) is 7.34. The van der Waals surface area contributed by atoms with Crippen molar-refractivity contribution >= 4 is 11.8 Å². The van der Waals surface area contributed by atoms with Gasteiger partial charge >= 0.3 is 0 Å². The first-order valence-electron chi connectivity index (χ1n) is 6.46. The molecule has 2 unspecified atom stereocenters. The van der Waals surface area contributed by atoms with Crippen LogP contribution in [0.1, 0.15) is 39.2 Å². The fourth-order valence-corrected chi connectivity index (χ4v) is 3.59. The predicted molar refractivity (Wildman–Crippen MR) is 76.5 cm³/mol. The van der Waals surface area contributed by atoms with E-state index in [4.69, 9.17) is 5.73 Å². The second-order valence-corrected chi connectivity index (χ2v) is 7.51. The maximum Gasteiger partial charge on any atom is 0.0287 e. The molecule has 0 amide bonds. The molecule has 2 heteroatoms. The molecule has 1 aliphatic heterocycles. The van der Waals surface area contributed by atoms with Gasteiger partial charge in [0.25, 0.3) is 0 Å². The van der Waals surface area contributed by atoms with Crippen LogP contribution < -0.4 is 5.73 Å². The summed E-state index contributed by atoms with van der Waals surface area (Å²) in [6.45, 7) is 6.86. The fraction of sp³-hybridized carbons (Fsp3) is 0.600. The largest absolute Gasteiger partial charge is 0.327 e. The van der Waals surface area contributed by atoms with Crippen LogP contribution in [0.15, 0.2) is 29.2 Å². The molecule has 1 heterocycles. The van der Waals surface area contributed by atoms with Crippen LogP contribution in [0.4, 0.5) is 0 Å². The molecule has 17 heavy (non-hydrogen) atoms. The van der Waals surface area contributed by atoms with Gasteiger partial charge in [-0.05, 0) is 36.3 Å². The van der Waals surface area contributed by atoms with Crippen LogP contribution in [-0.4, -0.2) is 11.3 Å². The maximum atomic E-state index is 6.34. The minimum atomic E-state index is 0.326. The van der Waals surface area contributed by atoms with Crippen molar-refractivity contribution in [2.75, 3.05) is 0 Å². The van der Waals surface area contributed by atoms with E-state index >= 15 is 0 Å². The summed E-state index contributed by atoms with van der Waals surface area (Å²) in [5, 5.41) is 0.578. The molecule has 2 rings (SSSR count). The lowest BCUT2D eigenvalue weighted by Gasteiger charge is -2.23. The van der Waals surface area contributed by atoms with E-state index in [2.05, 4.69) is 45.0 Å². The quantitative estimate of drug-likeness (QED) is 0.880. The molecule has 1 aromatic carbocycles. The van der Waals surface area contributed by atoms with Gasteiger partial charge < -0.3 is 5.73 Å². The highest BCUT2D eigenvalue weighted by molar-refractivity contribution is 8.00. The summed E-state index contributed by atoms with van der Waals surface area (Å²) in [6.07, 6.45) is 3.49. The number of thioether (sulfide) groups is 1. The molecule has 0 aliphatic carbocycles. The van der Waals surface area contributed by atoms with Gasteiger partial charge in [0.15, 0.2) is 0 Å². The van der Waals surface area contributed by atoms with Crippen LogP contribution in [0, 0.1) is 5.41 Å². The van der Waals surface area contributed by atoms with Crippen molar-refractivity contribution in [1.82, 2.24) is 0 Å². The standard InChI is InChI=1S/C15H23NS/c1-15(2,3)9-8-12(16)14-10-11-6-4-5-7-13(11)17-14/h4-7,12,14H,8-10,16H2,1-3H3. The van der Waals surface area contributed by atoms with E-state index in [1.165, 1.54) is 16.9 Å². The highest BCUT2D eigenvalue weighted by Gasteiger charge is 2.27. The zero-order chi connectivity index (χ0) is 12.5. The van der Waals surface area contributed by atoms with Gasteiger partial charge in [0.2, 0.25) is 0 Å². The smallest absolute Gasteiger partial charge is 0.0287 e. The van der Waals surface area contributed by atoms with Crippen molar-refractivity contribution in [2.24, 2.45) is 11.1 Å². The fourth-order valence-electron chi connectivity index (χ4n) is 2.23. The van der Waals surface area contributed by atoms with E-state index in [1.807, 2.05) is 11.8 Å². The zero-order valence-corrected chi connectivity index (χ0v) is 11.9. The lowest BCUT2D eigenvalue weighted by molar-refractivity contribution is 0.346. The predicted octanol–water partition coefficient (Wildman–Crippen LogP) is 3.86. The number of benzene rings is 1. The lowest BCUT2D eigenvalue weighted by Crippen LogP contribution is -2.33. The van der Waals surface area contributed by atoms with E-state index in [1.54, 1.807) is 0 Å². The Kier molecular flexibility index (Phi) is 3.84. The van der Waals surface area contributed by atoms with Crippen LogP contribution in [0.2, 0.25) is 0 Å². The number of rotatable bonds is 3. The topological polar surface area (TPSA) is 26.0 Å². The summed E-state index contributed by atoms with van der Waals surface area (Å²) in [6, 6.07) is 9.03. The summed E-state index contributed by atoms with van der Waals surface area (Å²) in [5.41, 5.74) is 8.22. The molecule has 2 atom stereocenters. The second-order valence-electron chi connectivity index (χ2n) is 6.23. The summed E-state index contributed by atoms with van der Waals surface area (Å²) in [5.74, 6) is 0. The highest BCUT2D eigenvalue weighted by atomic mass is 32.2. The Morgan fingerprint density at radius 2 is 2.06 bits per heavy atom. The molecule has 0 saturated carbocycles. The van der Waals surface area contributed by atoms with Crippen molar-refractivity contribution in [1.29, 1.82) is 0 Å². The number of hydrogen-bond acceptors (Lipinski definition) is 2. The minimum absolute atomic E-state index is 0.326. The summed E-state index contributed by atoms with van der Waals surface area (Å²) in [7, 11) is 0. The third-order valence-electron chi connectivity index (χ3n) is 3.38. The first-order chi connectivity index (χ1) is 7.96. The van der Waals surface area contributed by atoms with E-state index in [0.29, 0.717) is 16.7 Å². The molecule has 94 valence electrons. The van der Waals surface area contributed by atoms with Crippen LogP contribution in [0.25, 0.3) is 0 Å². The number of nitrogens with two attached hydrogens (primary N) is 1.